The van der Waals surface area contributed by atoms with E-state index in [9.17, 15) is 14.7 Å². The molecule has 35 heavy (non-hydrogen) atoms. The van der Waals surface area contributed by atoms with Crippen molar-refractivity contribution in [1.82, 2.24) is 9.47 Å². The number of fused-ring (bicyclic) bond motifs is 5. The van der Waals surface area contributed by atoms with Gasteiger partial charge in [-0.25, -0.2) is 4.79 Å². The average molecular weight is 473 g/mol. The molecular weight excluding hydrogens is 440 g/mol. The molecule has 6 rings (SSSR count). The number of carbonyl (C=O) groups is 2. The first-order chi connectivity index (χ1) is 17.1. The molecular formula is C29H32N2O4. The van der Waals surface area contributed by atoms with Gasteiger partial charge in [0.1, 0.15) is 0 Å². The standard InChI is InChI=1S/C29H32N2O4/c32-28(30-12-14-35-15-13-30)22-16-20-8-4-5-9-23(20)27-26(19-6-2-1-3-7-19)24-11-10-21(29(33)34)17-25(24)31(27)18-22/h4-5,8-11,17,19,22H,1-3,6-7,12-16,18H2,(H,33,34). The van der Waals surface area contributed by atoms with E-state index in [0.717, 1.165) is 23.7 Å². The van der Waals surface area contributed by atoms with Gasteiger partial charge in [-0.15, -0.1) is 0 Å². The van der Waals surface area contributed by atoms with Crippen LogP contribution in [0.1, 0.15) is 59.5 Å². The molecule has 182 valence electrons. The summed E-state index contributed by atoms with van der Waals surface area (Å²) in [4.78, 5) is 27.5. The fraction of sp³-hybridized carbons (Fsp3) is 0.448. The molecule has 1 unspecified atom stereocenters. The molecule has 3 heterocycles. The first-order valence-electron chi connectivity index (χ1n) is 13.0. The van der Waals surface area contributed by atoms with Crippen LogP contribution in [0.4, 0.5) is 0 Å². The number of amides is 1. The number of aromatic nitrogens is 1. The lowest BCUT2D eigenvalue weighted by Crippen LogP contribution is -2.45. The second kappa shape index (κ2) is 9.15. The number of hydrogen-bond donors (Lipinski definition) is 1. The van der Waals surface area contributed by atoms with Crippen molar-refractivity contribution in [2.45, 2.75) is 51.0 Å². The zero-order chi connectivity index (χ0) is 23.9. The summed E-state index contributed by atoms with van der Waals surface area (Å²) in [6, 6.07) is 14.1. The van der Waals surface area contributed by atoms with Crippen LogP contribution in [0.25, 0.3) is 22.2 Å². The number of nitrogens with zero attached hydrogens (tertiary/aromatic N) is 2. The zero-order valence-corrected chi connectivity index (χ0v) is 20.0. The van der Waals surface area contributed by atoms with Crippen LogP contribution in [0.5, 0.6) is 0 Å². The van der Waals surface area contributed by atoms with Gasteiger partial charge in [-0.2, -0.15) is 0 Å². The predicted molar refractivity (Wildman–Crippen MR) is 135 cm³/mol. The highest BCUT2D eigenvalue weighted by Gasteiger charge is 2.34. The van der Waals surface area contributed by atoms with Gasteiger partial charge in [-0.3, -0.25) is 4.79 Å². The number of hydrogen-bond acceptors (Lipinski definition) is 3. The molecule has 3 aliphatic rings. The van der Waals surface area contributed by atoms with Crippen molar-refractivity contribution < 1.29 is 19.4 Å². The molecule has 1 saturated carbocycles. The van der Waals surface area contributed by atoms with Crippen molar-refractivity contribution in [3.05, 3.63) is 59.2 Å². The minimum Gasteiger partial charge on any atom is -0.478 e. The highest BCUT2D eigenvalue weighted by molar-refractivity contribution is 5.99. The van der Waals surface area contributed by atoms with E-state index in [2.05, 4.69) is 28.8 Å². The number of carbonyl (C=O) groups excluding carboxylic acids is 1. The maximum atomic E-state index is 13.7. The fourth-order valence-corrected chi connectivity index (χ4v) is 6.48. The Hall–Kier alpha value is -3.12. The number of rotatable bonds is 3. The Morgan fingerprint density at radius 2 is 1.74 bits per heavy atom. The van der Waals surface area contributed by atoms with Crippen LogP contribution >= 0.6 is 0 Å². The molecule has 6 nitrogen and oxygen atoms in total. The van der Waals surface area contributed by atoms with Crippen LogP contribution in [-0.2, 0) is 22.5 Å². The third-order valence-corrected chi connectivity index (χ3v) is 8.18. The molecule has 1 aliphatic carbocycles. The predicted octanol–water partition coefficient (Wildman–Crippen LogP) is 5.09. The van der Waals surface area contributed by atoms with E-state index in [1.54, 1.807) is 6.07 Å². The van der Waals surface area contributed by atoms with Crippen molar-refractivity contribution in [2.75, 3.05) is 26.3 Å². The van der Waals surface area contributed by atoms with Crippen LogP contribution in [0.2, 0.25) is 0 Å². The molecule has 3 aromatic rings. The molecule has 0 bridgehead atoms. The Labute approximate surface area is 205 Å². The SMILES string of the molecule is O=C(O)c1ccc2c(C3CCCCC3)c3n(c2c1)CC(C(=O)N1CCOCC1)Cc1ccccc1-3. The Morgan fingerprint density at radius 1 is 0.971 bits per heavy atom. The Kier molecular flexibility index (Phi) is 5.85. The summed E-state index contributed by atoms with van der Waals surface area (Å²) in [5.41, 5.74) is 6.18. The van der Waals surface area contributed by atoms with E-state index in [1.165, 1.54) is 41.6 Å². The summed E-state index contributed by atoms with van der Waals surface area (Å²) < 4.78 is 7.76. The Morgan fingerprint density at radius 3 is 2.51 bits per heavy atom. The summed E-state index contributed by atoms with van der Waals surface area (Å²) in [7, 11) is 0. The molecule has 2 aromatic carbocycles. The van der Waals surface area contributed by atoms with Crippen LogP contribution in [-0.4, -0.2) is 52.8 Å². The summed E-state index contributed by atoms with van der Waals surface area (Å²) in [6.07, 6.45) is 6.74. The molecule has 1 atom stereocenters. The third kappa shape index (κ3) is 3.94. The lowest BCUT2D eigenvalue weighted by molar-refractivity contribution is -0.140. The molecule has 0 radical (unpaired) electrons. The topological polar surface area (TPSA) is 71.8 Å². The highest BCUT2D eigenvalue weighted by atomic mass is 16.5. The van der Waals surface area contributed by atoms with E-state index in [4.69, 9.17) is 4.74 Å². The number of ether oxygens (including phenoxy) is 1. The van der Waals surface area contributed by atoms with Gasteiger partial charge in [-0.1, -0.05) is 49.6 Å². The summed E-state index contributed by atoms with van der Waals surface area (Å²) in [5.74, 6) is -0.487. The Bertz CT molecular complexity index is 1280. The maximum absolute atomic E-state index is 13.7. The largest absolute Gasteiger partial charge is 0.478 e. The van der Waals surface area contributed by atoms with Gasteiger partial charge in [-0.05, 0) is 48.4 Å². The van der Waals surface area contributed by atoms with E-state index >= 15 is 0 Å². The van der Waals surface area contributed by atoms with Crippen LogP contribution in [0, 0.1) is 5.92 Å². The van der Waals surface area contributed by atoms with E-state index in [-0.39, 0.29) is 11.8 Å². The van der Waals surface area contributed by atoms with Gasteiger partial charge in [0.15, 0.2) is 0 Å². The molecule has 1 amide bonds. The highest BCUT2D eigenvalue weighted by Crippen LogP contribution is 2.46. The molecule has 1 aromatic heterocycles. The van der Waals surface area contributed by atoms with Crippen molar-refractivity contribution >= 4 is 22.8 Å². The third-order valence-electron chi connectivity index (χ3n) is 8.18. The average Bonchev–Trinajstić information content (AvgIpc) is 3.11. The monoisotopic (exact) mass is 472 g/mol. The molecule has 2 aliphatic heterocycles. The quantitative estimate of drug-likeness (QED) is 0.577. The van der Waals surface area contributed by atoms with Gasteiger partial charge in [0.25, 0.3) is 0 Å². The first-order valence-corrected chi connectivity index (χ1v) is 13.0. The minimum absolute atomic E-state index is 0.173. The van der Waals surface area contributed by atoms with Gasteiger partial charge in [0.05, 0.1) is 30.4 Å². The second-order valence-corrected chi connectivity index (χ2v) is 10.2. The molecule has 1 saturated heterocycles. The van der Waals surface area contributed by atoms with E-state index in [0.29, 0.717) is 50.8 Å². The van der Waals surface area contributed by atoms with Gasteiger partial charge >= 0.3 is 5.97 Å². The molecule has 2 fully saturated rings. The summed E-state index contributed by atoms with van der Waals surface area (Å²) in [5, 5.41) is 10.9. The van der Waals surface area contributed by atoms with Gasteiger partial charge in [0, 0.05) is 36.1 Å². The van der Waals surface area contributed by atoms with E-state index in [1.807, 2.05) is 17.0 Å². The van der Waals surface area contributed by atoms with Crippen LogP contribution in [0.15, 0.2) is 42.5 Å². The molecule has 6 heteroatoms. The minimum atomic E-state index is -0.920. The summed E-state index contributed by atoms with van der Waals surface area (Å²) in [6.45, 7) is 2.99. The van der Waals surface area contributed by atoms with Crippen molar-refractivity contribution in [1.29, 1.82) is 0 Å². The van der Waals surface area contributed by atoms with E-state index < -0.39 is 5.97 Å². The Balaban J connectivity index is 1.56. The number of benzene rings is 2. The maximum Gasteiger partial charge on any atom is 0.335 e. The lowest BCUT2D eigenvalue weighted by atomic mass is 9.81. The van der Waals surface area contributed by atoms with Crippen LogP contribution in [0.3, 0.4) is 0 Å². The fourth-order valence-electron chi connectivity index (χ4n) is 6.48. The normalized spacial score (nSPS) is 20.8. The molecule has 0 spiro atoms. The summed E-state index contributed by atoms with van der Waals surface area (Å²) >= 11 is 0. The van der Waals surface area contributed by atoms with Crippen molar-refractivity contribution in [3.63, 3.8) is 0 Å². The number of morpholine rings is 1. The van der Waals surface area contributed by atoms with Gasteiger partial charge < -0.3 is 19.3 Å². The number of carboxylic acids is 1. The first kappa shape index (κ1) is 22.4. The second-order valence-electron chi connectivity index (χ2n) is 10.2. The van der Waals surface area contributed by atoms with Crippen molar-refractivity contribution in [3.8, 4) is 11.3 Å². The zero-order valence-electron chi connectivity index (χ0n) is 20.0. The van der Waals surface area contributed by atoms with Gasteiger partial charge in [0.2, 0.25) is 5.91 Å². The number of aromatic carboxylic acids is 1. The van der Waals surface area contributed by atoms with Crippen molar-refractivity contribution in [2.24, 2.45) is 5.92 Å². The lowest BCUT2D eigenvalue weighted by Gasteiger charge is -2.30. The van der Waals surface area contributed by atoms with Crippen LogP contribution < -0.4 is 0 Å². The number of carboxylic acid groups (broad SMARTS) is 1. The smallest absolute Gasteiger partial charge is 0.335 e. The molecule has 1 N–H and O–H groups in total.